The van der Waals surface area contributed by atoms with Crippen molar-refractivity contribution >= 4 is 19.0 Å². The minimum Gasteiger partial charge on any atom is -0.481 e. The van der Waals surface area contributed by atoms with Crippen molar-refractivity contribution in [1.82, 2.24) is 9.88 Å². The zero-order valence-electron chi connectivity index (χ0n) is 16.5. The third kappa shape index (κ3) is 3.98. The molecular weight excluding hydrogens is 319 g/mol. The molecule has 0 unspecified atom stereocenters. The molecule has 2 rings (SSSR count). The number of hydrogen-bond acceptors (Lipinski definition) is 5. The number of carbonyl (C=O) groups excluding carboxylic acids is 1. The second-order valence-electron chi connectivity index (χ2n) is 8.43. The lowest BCUT2D eigenvalue weighted by atomic mass is 9.79. The van der Waals surface area contributed by atoms with Crippen LogP contribution in [0.4, 0.5) is 0 Å². The van der Waals surface area contributed by atoms with Crippen molar-refractivity contribution in [3.05, 3.63) is 17.8 Å². The predicted octanol–water partition coefficient (Wildman–Crippen LogP) is 2.15. The highest BCUT2D eigenvalue weighted by atomic mass is 16.7. The van der Waals surface area contributed by atoms with E-state index in [9.17, 15) is 4.79 Å². The Balaban J connectivity index is 2.33. The third-order valence-electron chi connectivity index (χ3n) is 4.99. The van der Waals surface area contributed by atoms with E-state index in [0.29, 0.717) is 12.4 Å². The summed E-state index contributed by atoms with van der Waals surface area (Å²) in [6.07, 6.45) is 2.55. The van der Waals surface area contributed by atoms with Gasteiger partial charge in [0.2, 0.25) is 12.3 Å². The highest BCUT2D eigenvalue weighted by Gasteiger charge is 2.51. The highest BCUT2D eigenvalue weighted by Crippen LogP contribution is 2.36. The van der Waals surface area contributed by atoms with Crippen molar-refractivity contribution < 1.29 is 18.8 Å². The number of pyridine rings is 1. The maximum absolute atomic E-state index is 11.5. The molecule has 0 bridgehead atoms. The van der Waals surface area contributed by atoms with Crippen molar-refractivity contribution in [1.29, 1.82) is 0 Å². The standard InChI is InChI=1S/C18H29BN2O4/c1-16(2,3)21(12-22)11-13-9-14(10-20-15(13)23-8)19-24-17(4,5)18(6,7)25-19/h9-10,12H,11H2,1-8H3. The molecule has 1 aliphatic rings. The molecule has 7 heteroatoms. The molecule has 0 aliphatic carbocycles. The molecular formula is C18H29BN2O4. The first-order valence-electron chi connectivity index (χ1n) is 8.52. The molecule has 1 amide bonds. The van der Waals surface area contributed by atoms with Crippen LogP contribution in [0.3, 0.4) is 0 Å². The van der Waals surface area contributed by atoms with E-state index in [0.717, 1.165) is 17.4 Å². The first-order chi connectivity index (χ1) is 11.4. The predicted molar refractivity (Wildman–Crippen MR) is 97.9 cm³/mol. The van der Waals surface area contributed by atoms with E-state index in [1.54, 1.807) is 18.2 Å². The van der Waals surface area contributed by atoms with Crippen molar-refractivity contribution in [2.24, 2.45) is 0 Å². The normalized spacial score (nSPS) is 19.0. The maximum atomic E-state index is 11.5. The van der Waals surface area contributed by atoms with Gasteiger partial charge in [-0.1, -0.05) is 6.07 Å². The van der Waals surface area contributed by atoms with Crippen molar-refractivity contribution in [2.45, 2.75) is 71.8 Å². The maximum Gasteiger partial charge on any atom is 0.496 e. The Labute approximate surface area is 151 Å². The molecule has 1 fully saturated rings. The van der Waals surface area contributed by atoms with Crippen LogP contribution < -0.4 is 10.2 Å². The van der Waals surface area contributed by atoms with E-state index in [4.69, 9.17) is 14.0 Å². The van der Waals surface area contributed by atoms with Crippen LogP contribution in [-0.4, -0.2) is 47.3 Å². The number of rotatable bonds is 5. The average molecular weight is 348 g/mol. The van der Waals surface area contributed by atoms with Crippen LogP contribution >= 0.6 is 0 Å². The lowest BCUT2D eigenvalue weighted by Gasteiger charge is -2.32. The average Bonchev–Trinajstić information content (AvgIpc) is 2.71. The van der Waals surface area contributed by atoms with E-state index in [2.05, 4.69) is 4.98 Å². The van der Waals surface area contributed by atoms with Crippen LogP contribution in [-0.2, 0) is 20.6 Å². The zero-order chi connectivity index (χ0) is 19.0. The van der Waals surface area contributed by atoms with Crippen molar-refractivity contribution in [3.63, 3.8) is 0 Å². The SMILES string of the molecule is COc1ncc(B2OC(C)(C)C(C)(C)O2)cc1CN(C=O)C(C)(C)C. The van der Waals surface area contributed by atoms with Crippen LogP contribution in [0.5, 0.6) is 5.88 Å². The summed E-state index contributed by atoms with van der Waals surface area (Å²) in [5.74, 6) is 0.497. The highest BCUT2D eigenvalue weighted by molar-refractivity contribution is 6.62. The quantitative estimate of drug-likeness (QED) is 0.603. The number of nitrogens with zero attached hydrogens (tertiary/aromatic N) is 2. The summed E-state index contributed by atoms with van der Waals surface area (Å²) in [6, 6.07) is 1.94. The Morgan fingerprint density at radius 1 is 1.24 bits per heavy atom. The molecule has 0 N–H and O–H groups in total. The molecule has 6 nitrogen and oxygen atoms in total. The number of ether oxygens (including phenoxy) is 1. The summed E-state index contributed by atoms with van der Waals surface area (Å²) in [5.41, 5.74) is 0.495. The van der Waals surface area contributed by atoms with Crippen LogP contribution in [0.2, 0.25) is 0 Å². The van der Waals surface area contributed by atoms with E-state index >= 15 is 0 Å². The largest absolute Gasteiger partial charge is 0.496 e. The summed E-state index contributed by atoms with van der Waals surface area (Å²) in [7, 11) is 1.07. The summed E-state index contributed by atoms with van der Waals surface area (Å²) in [4.78, 5) is 17.6. The molecule has 0 radical (unpaired) electrons. The van der Waals surface area contributed by atoms with Crippen LogP contribution in [0.25, 0.3) is 0 Å². The Kier molecular flexibility index (Phi) is 5.22. The summed E-state index contributed by atoms with van der Waals surface area (Å²) < 4.78 is 17.5. The van der Waals surface area contributed by atoms with Crippen LogP contribution in [0, 0.1) is 0 Å². The Hall–Kier alpha value is -1.60. The van der Waals surface area contributed by atoms with Gasteiger partial charge in [0.1, 0.15) is 0 Å². The van der Waals surface area contributed by atoms with E-state index in [1.165, 1.54) is 0 Å². The van der Waals surface area contributed by atoms with Gasteiger partial charge in [-0.3, -0.25) is 4.79 Å². The number of methoxy groups -OCH3 is 1. The fourth-order valence-corrected chi connectivity index (χ4v) is 2.54. The minimum atomic E-state index is -0.499. The Morgan fingerprint density at radius 2 is 1.80 bits per heavy atom. The molecule has 2 heterocycles. The van der Waals surface area contributed by atoms with Gasteiger partial charge in [0.05, 0.1) is 24.9 Å². The van der Waals surface area contributed by atoms with Gasteiger partial charge in [0.15, 0.2) is 0 Å². The van der Waals surface area contributed by atoms with Gasteiger partial charge < -0.3 is 18.9 Å². The molecule has 138 valence electrons. The van der Waals surface area contributed by atoms with Gasteiger partial charge in [-0.2, -0.15) is 0 Å². The molecule has 0 saturated carbocycles. The Bertz CT molecular complexity index is 624. The molecule has 0 atom stereocenters. The fourth-order valence-electron chi connectivity index (χ4n) is 2.54. The second kappa shape index (κ2) is 6.61. The zero-order valence-corrected chi connectivity index (χ0v) is 16.5. The number of carbonyl (C=O) groups is 1. The monoisotopic (exact) mass is 348 g/mol. The van der Waals surface area contributed by atoms with Gasteiger partial charge in [-0.15, -0.1) is 0 Å². The van der Waals surface area contributed by atoms with Gasteiger partial charge in [0, 0.05) is 22.8 Å². The molecule has 25 heavy (non-hydrogen) atoms. The van der Waals surface area contributed by atoms with Gasteiger partial charge >= 0.3 is 7.12 Å². The summed E-state index contributed by atoms with van der Waals surface area (Å²) in [6.45, 7) is 14.4. The second-order valence-corrected chi connectivity index (χ2v) is 8.43. The van der Waals surface area contributed by atoms with Crippen molar-refractivity contribution in [3.8, 4) is 5.88 Å². The van der Waals surface area contributed by atoms with Gasteiger partial charge in [-0.25, -0.2) is 4.98 Å². The first kappa shape index (κ1) is 19.7. The topological polar surface area (TPSA) is 60.9 Å². The Morgan fingerprint density at radius 3 is 2.24 bits per heavy atom. The molecule has 1 aromatic rings. The number of hydrogen-bond donors (Lipinski definition) is 0. The number of aromatic nitrogens is 1. The van der Waals surface area contributed by atoms with E-state index < -0.39 is 18.3 Å². The van der Waals surface area contributed by atoms with Gasteiger partial charge in [-0.05, 0) is 48.5 Å². The summed E-state index contributed by atoms with van der Waals surface area (Å²) in [5, 5.41) is 0. The molecule has 1 saturated heterocycles. The van der Waals surface area contributed by atoms with E-state index in [-0.39, 0.29) is 5.54 Å². The third-order valence-corrected chi connectivity index (χ3v) is 4.99. The molecule has 1 aliphatic heterocycles. The van der Waals surface area contributed by atoms with E-state index in [1.807, 2.05) is 54.5 Å². The lowest BCUT2D eigenvalue weighted by Crippen LogP contribution is -2.41. The van der Waals surface area contributed by atoms with Gasteiger partial charge in [0.25, 0.3) is 0 Å². The fraction of sp³-hybridized carbons (Fsp3) is 0.667. The number of amides is 1. The summed E-state index contributed by atoms with van der Waals surface area (Å²) >= 11 is 0. The van der Waals surface area contributed by atoms with Crippen LogP contribution in [0.15, 0.2) is 12.3 Å². The molecule has 0 aromatic carbocycles. The smallest absolute Gasteiger partial charge is 0.481 e. The molecule has 0 spiro atoms. The van der Waals surface area contributed by atoms with Crippen molar-refractivity contribution in [2.75, 3.05) is 7.11 Å². The lowest BCUT2D eigenvalue weighted by molar-refractivity contribution is -0.123. The minimum absolute atomic E-state index is 0.299. The molecule has 1 aromatic heterocycles. The first-order valence-corrected chi connectivity index (χ1v) is 8.52. The van der Waals surface area contributed by atoms with Crippen LogP contribution in [0.1, 0.15) is 54.0 Å².